The molecule has 0 atom stereocenters. The highest BCUT2D eigenvalue weighted by atomic mass is 19.4. The first-order valence-electron chi connectivity index (χ1n) is 12.7. The molecular formula is C34H16F6O6. The minimum atomic E-state index is -5.23. The number of rotatable bonds is 7. The Hall–Kier alpha value is -6.14. The van der Waals surface area contributed by atoms with Gasteiger partial charge in [0.1, 0.15) is 46.8 Å². The Morgan fingerprint density at radius 3 is 1.15 bits per heavy atom. The number of benzene rings is 4. The molecule has 0 fully saturated rings. The van der Waals surface area contributed by atoms with Gasteiger partial charge in [-0.1, -0.05) is 37.4 Å². The number of alkyl halides is 6. The Morgan fingerprint density at radius 1 is 0.522 bits per heavy atom. The first-order chi connectivity index (χ1) is 21.8. The van der Waals surface area contributed by atoms with Crippen molar-refractivity contribution in [2.45, 2.75) is 12.4 Å². The zero-order valence-electron chi connectivity index (χ0n) is 23.1. The van der Waals surface area contributed by atoms with Gasteiger partial charge in [0, 0.05) is 23.3 Å². The molecule has 0 bridgehead atoms. The second-order valence-corrected chi connectivity index (χ2v) is 9.23. The van der Waals surface area contributed by atoms with Gasteiger partial charge in [0.25, 0.3) is 0 Å². The molecule has 0 spiro atoms. The molecule has 6 nitrogen and oxygen atoms in total. The van der Waals surface area contributed by atoms with Crippen LogP contribution in [0.1, 0.15) is 22.3 Å². The first-order valence-corrected chi connectivity index (χ1v) is 12.7. The highest BCUT2D eigenvalue weighted by molar-refractivity contribution is 5.82. The summed E-state index contributed by atoms with van der Waals surface area (Å²) in [5, 5.41) is -0.927. The third kappa shape index (κ3) is 6.37. The Balaban J connectivity index is 1.98. The zero-order chi connectivity index (χ0) is 33.8. The predicted molar refractivity (Wildman–Crippen MR) is 153 cm³/mol. The van der Waals surface area contributed by atoms with E-state index in [1.54, 1.807) is 0 Å². The molecule has 4 aromatic carbocycles. The molecule has 0 radical (unpaired) electrons. The summed E-state index contributed by atoms with van der Waals surface area (Å²) in [6.45, 7) is 6.78. The maximum absolute atomic E-state index is 14.6. The van der Waals surface area contributed by atoms with Crippen molar-refractivity contribution in [3.8, 4) is 34.1 Å². The van der Waals surface area contributed by atoms with Crippen molar-refractivity contribution < 1.29 is 55.0 Å². The van der Waals surface area contributed by atoms with Crippen LogP contribution in [0.25, 0.3) is 23.3 Å². The van der Waals surface area contributed by atoms with Crippen LogP contribution >= 0.6 is 0 Å². The van der Waals surface area contributed by atoms with Crippen molar-refractivity contribution in [3.05, 3.63) is 117 Å². The Labute approximate surface area is 254 Å². The fourth-order valence-corrected chi connectivity index (χ4v) is 4.62. The van der Waals surface area contributed by atoms with Gasteiger partial charge in [0.05, 0.1) is 32.0 Å². The lowest BCUT2D eigenvalue weighted by Gasteiger charge is -2.23. The number of hydrogen-bond acceptors (Lipinski definition) is 6. The Kier molecular flexibility index (Phi) is 9.15. The van der Waals surface area contributed by atoms with Crippen molar-refractivity contribution in [2.24, 2.45) is 0 Å². The number of halogens is 6. The van der Waals surface area contributed by atoms with Crippen LogP contribution < -0.4 is 30.3 Å². The lowest BCUT2D eigenvalue weighted by molar-refractivity contribution is -0.139. The molecular weight excluding hydrogens is 618 g/mol. The van der Waals surface area contributed by atoms with E-state index in [0.717, 1.165) is 60.7 Å². The summed E-state index contributed by atoms with van der Waals surface area (Å²) < 4.78 is 99.0. The van der Waals surface area contributed by atoms with Gasteiger partial charge in [-0.25, -0.2) is 19.2 Å². The van der Waals surface area contributed by atoms with E-state index in [2.05, 4.69) is 13.2 Å². The maximum Gasteiger partial charge on any atom is 0.417 e. The van der Waals surface area contributed by atoms with Gasteiger partial charge >= 0.3 is 12.4 Å². The Bertz CT molecular complexity index is 2090. The molecule has 0 aliphatic heterocycles. The number of carbonyl (C=O) groups excluding carboxylic acids is 4. The van der Waals surface area contributed by atoms with E-state index in [0.29, 0.717) is 0 Å². The van der Waals surface area contributed by atoms with Gasteiger partial charge in [0.15, 0.2) is 0 Å². The van der Waals surface area contributed by atoms with Gasteiger partial charge < -0.3 is 9.47 Å². The molecule has 0 aliphatic carbocycles. The SMILES string of the molecule is C=Cc1c(Oc2ccc(=C=O)c(=C=O)c2)ccc(-c2ccc(Oc3ccc(=C=O)c(=C=O)c3)c(C=C)c2C(F)(F)F)c1C(F)(F)F. The highest BCUT2D eigenvalue weighted by Crippen LogP contribution is 2.49. The molecule has 0 N–H and O–H groups in total. The van der Waals surface area contributed by atoms with E-state index in [-0.39, 0.29) is 32.4 Å². The molecule has 0 saturated carbocycles. The largest absolute Gasteiger partial charge is 0.457 e. The van der Waals surface area contributed by atoms with Gasteiger partial charge in [0.2, 0.25) is 0 Å². The third-order valence-corrected chi connectivity index (χ3v) is 6.55. The molecule has 4 aromatic rings. The van der Waals surface area contributed by atoms with Crippen molar-refractivity contribution in [1.29, 1.82) is 0 Å². The molecule has 0 amide bonds. The van der Waals surface area contributed by atoms with Crippen LogP contribution in [-0.2, 0) is 31.5 Å². The second-order valence-electron chi connectivity index (χ2n) is 9.23. The molecule has 12 heteroatoms. The fraction of sp³-hybridized carbons (Fsp3) is 0.0588. The molecule has 46 heavy (non-hydrogen) atoms. The molecule has 0 aliphatic rings. The molecule has 4 rings (SSSR count). The number of hydrogen-bond donors (Lipinski definition) is 0. The zero-order valence-corrected chi connectivity index (χ0v) is 23.1. The normalized spacial score (nSPS) is 11.0. The minimum Gasteiger partial charge on any atom is -0.457 e. The van der Waals surface area contributed by atoms with E-state index in [4.69, 9.17) is 9.47 Å². The van der Waals surface area contributed by atoms with E-state index >= 15 is 0 Å². The van der Waals surface area contributed by atoms with Crippen LogP contribution in [-0.4, -0.2) is 23.8 Å². The predicted octanol–water partition coefficient (Wildman–Crippen LogP) is 4.27. The maximum atomic E-state index is 14.6. The highest BCUT2D eigenvalue weighted by Gasteiger charge is 2.42. The second kappa shape index (κ2) is 12.8. The lowest BCUT2D eigenvalue weighted by Crippen LogP contribution is -2.26. The summed E-state index contributed by atoms with van der Waals surface area (Å²) in [6, 6.07) is 10.2. The number of ether oxygens (including phenoxy) is 2. The van der Waals surface area contributed by atoms with E-state index in [9.17, 15) is 45.5 Å². The van der Waals surface area contributed by atoms with Gasteiger partial charge in [-0.3, -0.25) is 0 Å². The van der Waals surface area contributed by atoms with Crippen LogP contribution in [0.3, 0.4) is 0 Å². The van der Waals surface area contributed by atoms with Crippen LogP contribution in [0.4, 0.5) is 26.3 Å². The molecule has 0 aromatic heterocycles. The summed E-state index contributed by atoms with van der Waals surface area (Å²) in [6.07, 6.45) is -8.96. The molecule has 230 valence electrons. The minimum absolute atomic E-state index is 0.179. The van der Waals surface area contributed by atoms with Crippen molar-refractivity contribution in [3.63, 3.8) is 0 Å². The lowest BCUT2D eigenvalue weighted by atomic mass is 9.88. The summed E-state index contributed by atoms with van der Waals surface area (Å²) in [7, 11) is 0. The standard InChI is InChI=1S/C34H16F6O6/c1-3-25-29(45-23-7-5-19(15-41)21(13-23)17-43)11-9-27(31(25)33(35,36)37)28-10-12-30(26(4-2)32(28)34(38,39)40)46-24-8-6-20(16-42)22(14-24)18-44/h3-14H,1-2H2. The quantitative estimate of drug-likeness (QED) is 0.283. The van der Waals surface area contributed by atoms with Crippen LogP contribution in [0.15, 0.2) is 73.8 Å². The van der Waals surface area contributed by atoms with Crippen molar-refractivity contribution >= 4 is 35.9 Å². The molecule has 0 heterocycles. The van der Waals surface area contributed by atoms with Gasteiger partial charge in [-0.05, 0) is 47.5 Å². The average molecular weight is 634 g/mol. The smallest absolute Gasteiger partial charge is 0.417 e. The third-order valence-electron chi connectivity index (χ3n) is 6.55. The summed E-state index contributed by atoms with van der Waals surface area (Å²) in [5.74, 6) is 4.66. The Morgan fingerprint density at radius 2 is 0.870 bits per heavy atom. The molecule has 0 unspecified atom stereocenters. The van der Waals surface area contributed by atoms with E-state index < -0.39 is 57.2 Å². The first kappa shape index (κ1) is 32.8. The van der Waals surface area contributed by atoms with Gasteiger partial charge in [-0.15, -0.1) is 0 Å². The monoisotopic (exact) mass is 634 g/mol. The van der Waals surface area contributed by atoms with Crippen molar-refractivity contribution in [2.75, 3.05) is 0 Å². The van der Waals surface area contributed by atoms with E-state index in [1.807, 2.05) is 0 Å². The van der Waals surface area contributed by atoms with Gasteiger partial charge in [-0.2, -0.15) is 26.3 Å². The summed E-state index contributed by atoms with van der Waals surface area (Å²) in [5.41, 5.74) is -6.22. The fourth-order valence-electron chi connectivity index (χ4n) is 4.62. The van der Waals surface area contributed by atoms with Crippen molar-refractivity contribution in [1.82, 2.24) is 0 Å². The van der Waals surface area contributed by atoms with Crippen LogP contribution in [0.5, 0.6) is 23.0 Å². The van der Waals surface area contributed by atoms with Crippen LogP contribution in [0.2, 0.25) is 0 Å². The summed E-state index contributed by atoms with van der Waals surface area (Å²) >= 11 is 0. The van der Waals surface area contributed by atoms with Crippen LogP contribution in [0, 0.1) is 0 Å². The topological polar surface area (TPSA) is 86.7 Å². The summed E-state index contributed by atoms with van der Waals surface area (Å²) in [4.78, 5) is 44.3. The average Bonchev–Trinajstić information content (AvgIpc) is 3.03. The van der Waals surface area contributed by atoms with E-state index in [1.165, 1.54) is 35.9 Å². The molecule has 0 saturated heterocycles.